The van der Waals surface area contributed by atoms with Crippen LogP contribution in [-0.4, -0.2) is 35.0 Å². The number of aldehydes is 1. The summed E-state index contributed by atoms with van der Waals surface area (Å²) in [5.41, 5.74) is 3.90. The minimum absolute atomic E-state index is 0.0436. The molecule has 0 aliphatic heterocycles. The van der Waals surface area contributed by atoms with Crippen LogP contribution < -0.4 is 0 Å². The Labute approximate surface area is 178 Å². The maximum Gasteiger partial charge on any atom is 0.345 e. The van der Waals surface area contributed by atoms with Gasteiger partial charge in [0, 0.05) is 11.1 Å². The Bertz CT molecular complexity index is 1120. The number of fused-ring (bicyclic) bond motifs is 1. The fourth-order valence-electron chi connectivity index (χ4n) is 4.49. The highest BCUT2D eigenvalue weighted by Gasteiger charge is 2.30. The van der Waals surface area contributed by atoms with Gasteiger partial charge in [0.1, 0.15) is 11.4 Å². The Morgan fingerprint density at radius 3 is 2.63 bits per heavy atom. The molecule has 0 amide bonds. The third kappa shape index (κ3) is 3.54. The van der Waals surface area contributed by atoms with Gasteiger partial charge in [0.25, 0.3) is 0 Å². The number of aromatic nitrogens is 1. The molecule has 2 aromatic heterocycles. The predicted molar refractivity (Wildman–Crippen MR) is 115 cm³/mol. The predicted octanol–water partition coefficient (Wildman–Crippen LogP) is 5.10. The average molecular weight is 426 g/mol. The highest BCUT2D eigenvalue weighted by atomic mass is 32.1. The molecule has 0 radical (unpaired) electrons. The number of aromatic carboxylic acids is 1. The van der Waals surface area contributed by atoms with Crippen molar-refractivity contribution in [2.24, 2.45) is 0 Å². The quantitative estimate of drug-likeness (QED) is 0.439. The number of thiophene rings is 1. The van der Waals surface area contributed by atoms with E-state index in [1.807, 2.05) is 22.8 Å². The van der Waals surface area contributed by atoms with Crippen LogP contribution in [0.1, 0.15) is 63.6 Å². The van der Waals surface area contributed by atoms with E-state index < -0.39 is 11.9 Å². The third-order valence-electron chi connectivity index (χ3n) is 5.85. The maximum atomic E-state index is 12.3. The van der Waals surface area contributed by atoms with Gasteiger partial charge < -0.3 is 14.4 Å². The van der Waals surface area contributed by atoms with Crippen molar-refractivity contribution < 1.29 is 24.2 Å². The van der Waals surface area contributed by atoms with Crippen molar-refractivity contribution in [3.8, 4) is 11.3 Å². The molecule has 3 aromatic rings. The van der Waals surface area contributed by atoms with Gasteiger partial charge in [0.15, 0.2) is 6.29 Å². The number of hydrogen-bond donors (Lipinski definition) is 1. The highest BCUT2D eigenvalue weighted by Crippen LogP contribution is 2.47. The van der Waals surface area contributed by atoms with Gasteiger partial charge in [0.2, 0.25) is 0 Å². The fraction of sp³-hybridized carbons (Fsp3) is 0.348. The minimum atomic E-state index is -0.981. The van der Waals surface area contributed by atoms with Crippen molar-refractivity contribution in [1.82, 2.24) is 4.57 Å². The molecule has 7 heteroatoms. The molecule has 0 bridgehead atoms. The third-order valence-corrected chi connectivity index (χ3v) is 7.00. The molecule has 1 aromatic carbocycles. The second-order valence-electron chi connectivity index (χ2n) is 7.59. The van der Waals surface area contributed by atoms with Crippen molar-refractivity contribution in [1.29, 1.82) is 0 Å². The zero-order valence-electron chi connectivity index (χ0n) is 16.7. The first-order valence-corrected chi connectivity index (χ1v) is 10.9. The standard InChI is InChI=1S/C23H23NO5S/c1-29-19(26)12-24-17-11-18(23(27)28)30-22(17)20(14-7-3-2-4-8-14)21(24)16-10-6-5-9-15(16)13-25/h5-6,9-11,13-14H,2-4,7-8,12H2,1H3,(H,27,28). The Morgan fingerprint density at radius 2 is 1.97 bits per heavy atom. The SMILES string of the molecule is COC(=O)Cn1c(-c2ccccc2C=O)c(C2CCCCC2)c2sc(C(=O)O)cc21. The van der Waals surface area contributed by atoms with E-state index in [0.717, 1.165) is 53.5 Å². The number of nitrogens with zero attached hydrogens (tertiary/aromatic N) is 1. The topological polar surface area (TPSA) is 85.6 Å². The van der Waals surface area contributed by atoms with Gasteiger partial charge in [0.05, 0.1) is 23.0 Å². The summed E-state index contributed by atoms with van der Waals surface area (Å²) in [6.45, 7) is -0.0436. The summed E-state index contributed by atoms with van der Waals surface area (Å²) in [4.78, 5) is 36.0. The van der Waals surface area contributed by atoms with Crippen molar-refractivity contribution in [3.63, 3.8) is 0 Å². The first kappa shape index (κ1) is 20.3. The number of methoxy groups -OCH3 is 1. The van der Waals surface area contributed by atoms with Gasteiger partial charge in [-0.05, 0) is 30.4 Å². The smallest absolute Gasteiger partial charge is 0.345 e. The molecule has 0 atom stereocenters. The van der Waals surface area contributed by atoms with Crippen molar-refractivity contribution in [2.45, 2.75) is 44.6 Å². The summed E-state index contributed by atoms with van der Waals surface area (Å²) in [6, 6.07) is 8.97. The van der Waals surface area contributed by atoms with E-state index in [1.165, 1.54) is 24.9 Å². The zero-order valence-corrected chi connectivity index (χ0v) is 17.5. The van der Waals surface area contributed by atoms with Gasteiger partial charge in [-0.2, -0.15) is 0 Å². The van der Waals surface area contributed by atoms with Crippen LogP contribution >= 0.6 is 11.3 Å². The first-order valence-electron chi connectivity index (χ1n) is 10.1. The molecule has 0 saturated heterocycles. The number of carbonyl (C=O) groups excluding carboxylic acids is 2. The molecule has 1 saturated carbocycles. The normalized spacial score (nSPS) is 14.7. The molecule has 1 aliphatic carbocycles. The summed E-state index contributed by atoms with van der Waals surface area (Å²) in [5.74, 6) is -1.14. The molecule has 4 rings (SSSR count). The number of ether oxygens (including phenoxy) is 1. The van der Waals surface area contributed by atoms with Crippen LogP contribution in [0.4, 0.5) is 0 Å². The Hall–Kier alpha value is -2.93. The van der Waals surface area contributed by atoms with Crippen LogP contribution in [0.2, 0.25) is 0 Å². The number of carboxylic acid groups (broad SMARTS) is 1. The van der Waals surface area contributed by atoms with Crippen LogP contribution in [0.15, 0.2) is 30.3 Å². The summed E-state index contributed by atoms with van der Waals surface area (Å²) in [5, 5.41) is 9.56. The molecule has 2 heterocycles. The van der Waals surface area contributed by atoms with E-state index in [9.17, 15) is 19.5 Å². The van der Waals surface area contributed by atoms with Crippen molar-refractivity contribution in [3.05, 3.63) is 46.3 Å². The van der Waals surface area contributed by atoms with Gasteiger partial charge in [-0.15, -0.1) is 11.3 Å². The lowest BCUT2D eigenvalue weighted by atomic mass is 9.82. The van der Waals surface area contributed by atoms with Crippen LogP contribution in [0.5, 0.6) is 0 Å². The van der Waals surface area contributed by atoms with E-state index in [0.29, 0.717) is 11.1 Å². The molecule has 0 spiro atoms. The van der Waals surface area contributed by atoms with Crippen LogP contribution in [-0.2, 0) is 16.1 Å². The summed E-state index contributed by atoms with van der Waals surface area (Å²) < 4.78 is 7.63. The fourth-order valence-corrected chi connectivity index (χ4v) is 5.61. The van der Waals surface area contributed by atoms with E-state index in [2.05, 4.69) is 0 Å². The lowest BCUT2D eigenvalue weighted by Gasteiger charge is -2.24. The molecule has 1 aliphatic rings. The minimum Gasteiger partial charge on any atom is -0.477 e. The number of rotatable bonds is 6. The highest BCUT2D eigenvalue weighted by molar-refractivity contribution is 7.21. The monoisotopic (exact) mass is 425 g/mol. The van der Waals surface area contributed by atoms with Crippen molar-refractivity contribution >= 4 is 39.8 Å². The van der Waals surface area contributed by atoms with Gasteiger partial charge in [-0.3, -0.25) is 9.59 Å². The molecular weight excluding hydrogens is 402 g/mol. The van der Waals surface area contributed by atoms with E-state index in [1.54, 1.807) is 12.1 Å². The van der Waals surface area contributed by atoms with Gasteiger partial charge in [-0.25, -0.2) is 4.79 Å². The van der Waals surface area contributed by atoms with E-state index in [-0.39, 0.29) is 17.3 Å². The molecule has 0 unspecified atom stereocenters. The first-order chi connectivity index (χ1) is 14.5. The molecule has 6 nitrogen and oxygen atoms in total. The molecule has 156 valence electrons. The molecule has 30 heavy (non-hydrogen) atoms. The Balaban J connectivity index is 2.06. The van der Waals surface area contributed by atoms with Crippen LogP contribution in [0.3, 0.4) is 0 Å². The average Bonchev–Trinajstić information content (AvgIpc) is 3.32. The van der Waals surface area contributed by atoms with Gasteiger partial charge in [-0.1, -0.05) is 43.5 Å². The number of hydrogen-bond acceptors (Lipinski definition) is 5. The second-order valence-corrected chi connectivity index (χ2v) is 8.65. The van der Waals surface area contributed by atoms with Crippen molar-refractivity contribution in [2.75, 3.05) is 7.11 Å². The Kier molecular flexibility index (Phi) is 5.72. The van der Waals surface area contributed by atoms with Crippen LogP contribution in [0, 0.1) is 0 Å². The molecule has 1 fully saturated rings. The van der Waals surface area contributed by atoms with E-state index in [4.69, 9.17) is 4.74 Å². The summed E-state index contributed by atoms with van der Waals surface area (Å²) in [7, 11) is 1.33. The summed E-state index contributed by atoms with van der Waals surface area (Å²) >= 11 is 1.24. The number of carbonyl (C=O) groups is 3. The molecular formula is C23H23NO5S. The van der Waals surface area contributed by atoms with Gasteiger partial charge >= 0.3 is 11.9 Å². The number of esters is 1. The summed E-state index contributed by atoms with van der Waals surface area (Å²) in [6.07, 6.45) is 6.25. The lowest BCUT2D eigenvalue weighted by Crippen LogP contribution is -2.14. The Morgan fingerprint density at radius 1 is 1.23 bits per heavy atom. The second kappa shape index (κ2) is 8.44. The lowest BCUT2D eigenvalue weighted by molar-refractivity contribution is -0.141. The number of carboxylic acids is 1. The largest absolute Gasteiger partial charge is 0.477 e. The van der Waals surface area contributed by atoms with E-state index >= 15 is 0 Å². The molecule has 1 N–H and O–H groups in total. The maximum absolute atomic E-state index is 12.3. The zero-order chi connectivity index (χ0) is 21.3. The number of benzene rings is 1. The van der Waals surface area contributed by atoms with Crippen LogP contribution in [0.25, 0.3) is 21.5 Å².